The van der Waals surface area contributed by atoms with E-state index in [2.05, 4.69) is 10.2 Å². The number of benzene rings is 1. The first-order chi connectivity index (χ1) is 10.7. The van der Waals surface area contributed by atoms with Gasteiger partial charge in [-0.1, -0.05) is 24.3 Å². The molecule has 3 rings (SSSR count). The van der Waals surface area contributed by atoms with Crippen molar-refractivity contribution >= 4 is 24.1 Å². The molecule has 0 amide bonds. The molecule has 1 aromatic heterocycles. The van der Waals surface area contributed by atoms with Gasteiger partial charge in [0.05, 0.1) is 13.4 Å². The largest absolute Gasteiger partial charge is 0.515 e. The summed E-state index contributed by atoms with van der Waals surface area (Å²) >= 11 is 5.04. The molecule has 4 N–H and O–H groups in total. The zero-order valence-corrected chi connectivity index (χ0v) is 12.6. The van der Waals surface area contributed by atoms with Crippen molar-refractivity contribution < 1.29 is 9.84 Å². The average Bonchev–Trinajstić information content (AvgIpc) is 3.17. The van der Waals surface area contributed by atoms with Crippen LogP contribution in [0.15, 0.2) is 36.4 Å². The highest BCUT2D eigenvalue weighted by atomic mass is 32.1. The van der Waals surface area contributed by atoms with Crippen LogP contribution in [0.4, 0.5) is 0 Å². The number of aromatic amines is 1. The highest BCUT2D eigenvalue weighted by Gasteiger charge is 2.13. The van der Waals surface area contributed by atoms with Crippen LogP contribution in [0.25, 0.3) is 23.2 Å². The number of aliphatic hydroxyl groups is 1. The maximum Gasteiger partial charge on any atom is 0.214 e. The summed E-state index contributed by atoms with van der Waals surface area (Å²) in [4.78, 5) is 0. The molecule has 1 aromatic carbocycles. The molecular weight excluding hydrogens is 300 g/mol. The molecule has 0 saturated carbocycles. The summed E-state index contributed by atoms with van der Waals surface area (Å²) in [6, 6.07) is 3.59. The summed E-state index contributed by atoms with van der Waals surface area (Å²) in [6.07, 6.45) is 8.74. The number of hydrogen-bond acceptors (Lipinski definition) is 5. The van der Waals surface area contributed by atoms with E-state index in [1.807, 2.05) is 30.4 Å². The Balaban J connectivity index is 2.46. The van der Waals surface area contributed by atoms with Gasteiger partial charge >= 0.3 is 0 Å². The number of nitrogens with two attached hydrogens (primary N) is 1. The standard InChI is InChI=1S/C15H14N4O2S/c1-21-12-7-6-10(14-17-18-15(22)19(14)16)11(8-20)13(12)9-4-2-3-5-9/h2-8,20H,16H2,1H3,(H,18,22). The number of nitrogens with zero attached hydrogens (tertiary/aromatic N) is 2. The summed E-state index contributed by atoms with van der Waals surface area (Å²) in [5.41, 5.74) is 1.58. The Morgan fingerprint density at radius 2 is 2.09 bits per heavy atom. The van der Waals surface area contributed by atoms with Crippen LogP contribution >= 0.6 is 12.2 Å². The molecule has 0 aliphatic heterocycles. The topological polar surface area (TPSA) is 89.1 Å². The highest BCUT2D eigenvalue weighted by molar-refractivity contribution is 7.71. The molecule has 22 heavy (non-hydrogen) atoms. The Morgan fingerprint density at radius 3 is 2.64 bits per heavy atom. The van der Waals surface area contributed by atoms with Crippen molar-refractivity contribution in [2.45, 2.75) is 0 Å². The average molecular weight is 314 g/mol. The zero-order chi connectivity index (χ0) is 15.7. The van der Waals surface area contributed by atoms with Crippen LogP contribution in [-0.4, -0.2) is 27.1 Å². The number of aromatic nitrogens is 3. The maximum absolute atomic E-state index is 9.78. The van der Waals surface area contributed by atoms with Crippen LogP contribution in [-0.2, 0) is 0 Å². The van der Waals surface area contributed by atoms with Gasteiger partial charge in [0.2, 0.25) is 4.77 Å². The van der Waals surface area contributed by atoms with Gasteiger partial charge in [0.25, 0.3) is 0 Å². The van der Waals surface area contributed by atoms with Gasteiger partial charge < -0.3 is 15.7 Å². The third kappa shape index (κ3) is 2.11. The molecule has 1 heterocycles. The molecule has 1 aliphatic rings. The molecule has 0 spiro atoms. The predicted molar refractivity (Wildman–Crippen MR) is 87.6 cm³/mol. The number of methoxy groups -OCH3 is 1. The molecule has 0 unspecified atom stereocenters. The van der Waals surface area contributed by atoms with E-state index in [4.69, 9.17) is 22.8 Å². The number of H-pyrrole nitrogens is 1. The first-order valence-electron chi connectivity index (χ1n) is 6.50. The van der Waals surface area contributed by atoms with Crippen molar-refractivity contribution in [1.29, 1.82) is 0 Å². The fourth-order valence-corrected chi connectivity index (χ4v) is 2.56. The quantitative estimate of drug-likeness (QED) is 0.566. The molecule has 0 bridgehead atoms. The van der Waals surface area contributed by atoms with E-state index < -0.39 is 0 Å². The number of ether oxygens (including phenoxy) is 1. The summed E-state index contributed by atoms with van der Waals surface area (Å²) < 4.78 is 6.98. The van der Waals surface area contributed by atoms with E-state index in [9.17, 15) is 5.11 Å². The number of rotatable bonds is 2. The molecule has 0 fully saturated rings. The van der Waals surface area contributed by atoms with Gasteiger partial charge in [0, 0.05) is 16.0 Å². The van der Waals surface area contributed by atoms with Crippen LogP contribution in [0.2, 0.25) is 0 Å². The first-order valence-corrected chi connectivity index (χ1v) is 6.91. The van der Waals surface area contributed by atoms with Gasteiger partial charge in [-0.15, -0.1) is 0 Å². The molecule has 6 nitrogen and oxygen atoms in total. The summed E-state index contributed by atoms with van der Waals surface area (Å²) in [6.45, 7) is 0. The summed E-state index contributed by atoms with van der Waals surface area (Å²) in [5.74, 6) is 6.97. The Morgan fingerprint density at radius 1 is 1.36 bits per heavy atom. The smallest absolute Gasteiger partial charge is 0.214 e. The minimum atomic E-state index is 0.296. The second kappa shape index (κ2) is 5.53. The van der Waals surface area contributed by atoms with Gasteiger partial charge in [0.15, 0.2) is 5.82 Å². The number of nitrogens with one attached hydrogen (secondary N) is 1. The second-order valence-electron chi connectivity index (χ2n) is 4.63. The lowest BCUT2D eigenvalue weighted by molar-refractivity contribution is 0.410. The second-order valence-corrected chi connectivity index (χ2v) is 5.02. The predicted octanol–water partition coefficient (Wildman–Crippen LogP) is 0.903. The van der Waals surface area contributed by atoms with Gasteiger partial charge in [-0.05, 0) is 29.9 Å². The van der Waals surface area contributed by atoms with Crippen LogP contribution in [0, 0.1) is 4.77 Å². The van der Waals surface area contributed by atoms with Gasteiger partial charge in [-0.3, -0.25) is 0 Å². The zero-order valence-electron chi connectivity index (χ0n) is 11.8. The molecule has 0 saturated heterocycles. The Kier molecular flexibility index (Phi) is 3.56. The fourth-order valence-electron chi connectivity index (χ4n) is 2.43. The van der Waals surface area contributed by atoms with Crippen molar-refractivity contribution in [1.82, 2.24) is 14.9 Å². The molecule has 2 aromatic rings. The first kappa shape index (κ1) is 14.2. The van der Waals surface area contributed by atoms with Crippen LogP contribution in [0.3, 0.4) is 0 Å². The van der Waals surface area contributed by atoms with Crippen molar-refractivity contribution in [2.24, 2.45) is 0 Å². The molecule has 7 heteroatoms. The van der Waals surface area contributed by atoms with Crippen molar-refractivity contribution in [3.63, 3.8) is 0 Å². The minimum Gasteiger partial charge on any atom is -0.515 e. The van der Waals surface area contributed by atoms with Crippen molar-refractivity contribution in [3.05, 3.63) is 51.6 Å². The van der Waals surface area contributed by atoms with Gasteiger partial charge in [0.1, 0.15) is 5.75 Å². The number of hydrogen-bond donors (Lipinski definition) is 3. The lowest BCUT2D eigenvalue weighted by Gasteiger charge is -2.08. The molecule has 112 valence electrons. The van der Waals surface area contributed by atoms with E-state index >= 15 is 0 Å². The number of nitrogen functional groups attached to an aromatic ring is 1. The highest BCUT2D eigenvalue weighted by Crippen LogP contribution is 2.15. The van der Waals surface area contributed by atoms with E-state index in [0.29, 0.717) is 27.1 Å². The molecule has 0 radical (unpaired) electrons. The van der Waals surface area contributed by atoms with Gasteiger partial charge in [-0.2, -0.15) is 5.10 Å². The summed E-state index contributed by atoms with van der Waals surface area (Å²) in [5, 5.41) is 17.9. The van der Waals surface area contributed by atoms with E-state index in [1.165, 1.54) is 4.68 Å². The van der Waals surface area contributed by atoms with Crippen LogP contribution < -0.4 is 21.0 Å². The minimum absolute atomic E-state index is 0.296. The Labute approximate surface area is 131 Å². The summed E-state index contributed by atoms with van der Waals surface area (Å²) in [7, 11) is 1.58. The lowest BCUT2D eigenvalue weighted by atomic mass is 10.0. The van der Waals surface area contributed by atoms with Crippen LogP contribution in [0.1, 0.15) is 0 Å². The van der Waals surface area contributed by atoms with Crippen molar-refractivity contribution in [3.8, 4) is 17.1 Å². The maximum atomic E-state index is 9.78. The number of allylic oxidation sites excluding steroid dienone is 4. The van der Waals surface area contributed by atoms with E-state index in [-0.39, 0.29) is 0 Å². The molecule has 0 atom stereocenters. The van der Waals surface area contributed by atoms with E-state index in [1.54, 1.807) is 13.2 Å². The Hall–Kier alpha value is -2.80. The lowest BCUT2D eigenvalue weighted by Crippen LogP contribution is -2.31. The van der Waals surface area contributed by atoms with E-state index in [0.717, 1.165) is 17.1 Å². The SMILES string of the molecule is COc1ccc(-c2n[nH]c(=S)n2N)c(=CO)c1=C1C=CC=C1. The van der Waals surface area contributed by atoms with Gasteiger partial charge in [-0.25, -0.2) is 9.77 Å². The number of aliphatic hydroxyl groups excluding tert-OH is 1. The Bertz CT molecular complexity index is 952. The third-order valence-electron chi connectivity index (χ3n) is 3.45. The molecular formula is C15H14N4O2S. The fraction of sp³-hybridized carbons (Fsp3) is 0.0667. The normalized spacial score (nSPS) is 14.0. The molecule has 1 aliphatic carbocycles. The third-order valence-corrected chi connectivity index (χ3v) is 3.74. The van der Waals surface area contributed by atoms with Crippen LogP contribution in [0.5, 0.6) is 5.75 Å². The van der Waals surface area contributed by atoms with Crippen molar-refractivity contribution in [2.75, 3.05) is 13.0 Å². The monoisotopic (exact) mass is 314 g/mol.